The molecule has 0 aliphatic heterocycles. The van der Waals surface area contributed by atoms with Crippen LogP contribution in [-0.4, -0.2) is 64.4 Å². The maximum Gasteiger partial charge on any atom is 0.541 e. The first-order valence-electron chi connectivity index (χ1n) is 11.0. The van der Waals surface area contributed by atoms with Crippen molar-refractivity contribution in [2.45, 2.75) is 54.0 Å². The Morgan fingerprint density at radius 2 is 1.13 bits per heavy atom. The monoisotopic (exact) mass is 460 g/mol. The zero-order chi connectivity index (χ0) is 22.5. The second kappa shape index (κ2) is 14.3. The van der Waals surface area contributed by atoms with Crippen molar-refractivity contribution in [1.82, 2.24) is 0 Å². The maximum absolute atomic E-state index is 6.05. The highest BCUT2D eigenvalue weighted by Gasteiger charge is 2.46. The first-order chi connectivity index (χ1) is 14.5. The number of rotatable bonds is 17. The Morgan fingerprint density at radius 3 is 1.53 bits per heavy atom. The van der Waals surface area contributed by atoms with Gasteiger partial charge in [-0.05, 0) is 59.6 Å². The standard InChI is InChI=1S/C21H40O7Si2/c1-8-23-29(24-9-2,25-10-3)17-16-19-14-15-21(20(18-19)22-7)30(26-11-4,27-12-5)28-13-6/h14-15,18H,8-13,16-17H2,1-7H3. The first-order valence-corrected chi connectivity index (χ1v) is 14.7. The molecule has 0 atom stereocenters. The molecule has 9 heteroatoms. The van der Waals surface area contributed by atoms with Gasteiger partial charge in [-0.3, -0.25) is 0 Å². The van der Waals surface area contributed by atoms with Crippen molar-refractivity contribution in [2.75, 3.05) is 46.8 Å². The predicted molar refractivity (Wildman–Crippen MR) is 122 cm³/mol. The molecule has 0 amide bonds. The number of aryl methyl sites for hydroxylation is 1. The summed E-state index contributed by atoms with van der Waals surface area (Å²) in [6.07, 6.45) is 0.759. The lowest BCUT2D eigenvalue weighted by molar-refractivity contribution is 0.0713. The fourth-order valence-corrected chi connectivity index (χ4v) is 8.59. The summed E-state index contributed by atoms with van der Waals surface area (Å²) in [5, 5.41) is 0.849. The fraction of sp³-hybridized carbons (Fsp3) is 0.714. The minimum absolute atomic E-state index is 0.502. The van der Waals surface area contributed by atoms with Crippen molar-refractivity contribution in [1.29, 1.82) is 0 Å². The van der Waals surface area contributed by atoms with Crippen molar-refractivity contribution in [3.8, 4) is 5.75 Å². The molecule has 1 rings (SSSR count). The van der Waals surface area contributed by atoms with E-state index in [4.69, 9.17) is 31.3 Å². The van der Waals surface area contributed by atoms with E-state index in [0.717, 1.165) is 17.2 Å². The summed E-state index contributed by atoms with van der Waals surface area (Å²) in [4.78, 5) is 0. The number of hydrogen-bond donors (Lipinski definition) is 0. The predicted octanol–water partition coefficient (Wildman–Crippen LogP) is 3.54. The van der Waals surface area contributed by atoms with E-state index < -0.39 is 17.6 Å². The summed E-state index contributed by atoms with van der Waals surface area (Å²) in [5.74, 6) is 0.714. The third kappa shape index (κ3) is 7.42. The highest BCUT2D eigenvalue weighted by molar-refractivity contribution is 6.76. The quantitative estimate of drug-likeness (QED) is 0.329. The second-order valence-corrected chi connectivity index (χ2v) is 11.6. The van der Waals surface area contributed by atoms with Crippen LogP contribution in [0.4, 0.5) is 0 Å². The minimum atomic E-state index is -3.05. The summed E-state index contributed by atoms with van der Waals surface area (Å²) >= 11 is 0. The van der Waals surface area contributed by atoms with Crippen molar-refractivity contribution < 1.29 is 31.3 Å². The van der Waals surface area contributed by atoms with E-state index >= 15 is 0 Å². The van der Waals surface area contributed by atoms with Crippen LogP contribution < -0.4 is 9.92 Å². The smallest absolute Gasteiger partial charge is 0.497 e. The summed E-state index contributed by atoms with van der Waals surface area (Å²) < 4.78 is 41.8. The summed E-state index contributed by atoms with van der Waals surface area (Å²) in [5.41, 5.74) is 1.11. The Kier molecular flexibility index (Phi) is 13.0. The average molecular weight is 461 g/mol. The van der Waals surface area contributed by atoms with Crippen LogP contribution in [0.2, 0.25) is 6.04 Å². The summed E-state index contributed by atoms with van der Waals surface area (Å²) in [6.45, 7) is 15.0. The van der Waals surface area contributed by atoms with Gasteiger partial charge in [-0.25, -0.2) is 0 Å². The van der Waals surface area contributed by atoms with Gasteiger partial charge >= 0.3 is 17.6 Å². The third-order valence-electron chi connectivity index (χ3n) is 4.41. The van der Waals surface area contributed by atoms with Crippen LogP contribution in [0, 0.1) is 0 Å². The Morgan fingerprint density at radius 1 is 0.667 bits per heavy atom. The molecule has 0 aliphatic carbocycles. The molecular formula is C21H40O7Si2. The zero-order valence-corrected chi connectivity index (χ0v) is 21.7. The Balaban J connectivity index is 3.18. The maximum atomic E-state index is 6.05. The van der Waals surface area contributed by atoms with Gasteiger partial charge in [0.25, 0.3) is 0 Å². The molecule has 0 fully saturated rings. The molecule has 0 N–H and O–H groups in total. The molecule has 0 saturated heterocycles. The molecule has 174 valence electrons. The van der Waals surface area contributed by atoms with E-state index in [1.54, 1.807) is 7.11 Å². The highest BCUT2D eigenvalue weighted by Crippen LogP contribution is 2.24. The van der Waals surface area contributed by atoms with Crippen molar-refractivity contribution in [2.24, 2.45) is 0 Å². The van der Waals surface area contributed by atoms with Gasteiger partial charge in [0, 0.05) is 45.7 Å². The Hall–Kier alpha value is -0.786. The van der Waals surface area contributed by atoms with Gasteiger partial charge in [-0.15, -0.1) is 0 Å². The van der Waals surface area contributed by atoms with Gasteiger partial charge in [0.15, 0.2) is 0 Å². The van der Waals surface area contributed by atoms with Crippen LogP contribution in [0.1, 0.15) is 47.1 Å². The van der Waals surface area contributed by atoms with Crippen LogP contribution >= 0.6 is 0 Å². The van der Waals surface area contributed by atoms with E-state index in [-0.39, 0.29) is 0 Å². The first kappa shape index (κ1) is 27.2. The molecule has 0 aliphatic rings. The van der Waals surface area contributed by atoms with Crippen LogP contribution in [-0.2, 0) is 33.0 Å². The largest absolute Gasteiger partial charge is 0.541 e. The molecule has 0 spiro atoms. The van der Waals surface area contributed by atoms with Gasteiger partial charge in [0.05, 0.1) is 12.3 Å². The third-order valence-corrected chi connectivity index (χ3v) is 10.5. The number of methoxy groups -OCH3 is 1. The molecule has 1 aromatic rings. The van der Waals surface area contributed by atoms with Crippen molar-refractivity contribution in [3.63, 3.8) is 0 Å². The van der Waals surface area contributed by atoms with Crippen LogP contribution in [0.3, 0.4) is 0 Å². The molecule has 0 saturated carbocycles. The van der Waals surface area contributed by atoms with Crippen LogP contribution in [0.15, 0.2) is 18.2 Å². The molecule has 0 aromatic heterocycles. The SMILES string of the molecule is CCO[Si](CCc1ccc([Si](OCC)(OCC)OCC)c(OC)c1)(OCC)OCC. The fourth-order valence-electron chi connectivity index (χ4n) is 3.37. The van der Waals surface area contributed by atoms with Gasteiger partial charge in [0.2, 0.25) is 0 Å². The van der Waals surface area contributed by atoms with Crippen molar-refractivity contribution in [3.05, 3.63) is 23.8 Å². The molecule has 0 bridgehead atoms. The topological polar surface area (TPSA) is 64.6 Å². The number of benzene rings is 1. The molecule has 0 heterocycles. The van der Waals surface area contributed by atoms with E-state index in [2.05, 4.69) is 6.07 Å². The number of hydrogen-bond acceptors (Lipinski definition) is 7. The zero-order valence-electron chi connectivity index (χ0n) is 19.7. The highest BCUT2D eigenvalue weighted by atomic mass is 28.4. The Bertz CT molecular complexity index is 567. The minimum Gasteiger partial charge on any atom is -0.497 e. The van der Waals surface area contributed by atoms with Crippen LogP contribution in [0.5, 0.6) is 5.75 Å². The molecule has 1 aromatic carbocycles. The Labute approximate surface area is 184 Å². The van der Waals surface area contributed by atoms with E-state index in [9.17, 15) is 0 Å². The molecule has 0 unspecified atom stereocenters. The summed E-state index contributed by atoms with van der Waals surface area (Å²) in [6, 6.07) is 6.80. The van der Waals surface area contributed by atoms with Gasteiger partial charge in [-0.2, -0.15) is 0 Å². The molecular weight excluding hydrogens is 420 g/mol. The molecule has 7 nitrogen and oxygen atoms in total. The second-order valence-electron chi connectivity index (χ2n) is 6.37. The number of ether oxygens (including phenoxy) is 1. The van der Waals surface area contributed by atoms with Gasteiger partial charge in [-0.1, -0.05) is 12.1 Å². The average Bonchev–Trinajstić information content (AvgIpc) is 2.73. The van der Waals surface area contributed by atoms with Gasteiger partial charge in [0.1, 0.15) is 5.75 Å². The van der Waals surface area contributed by atoms with Crippen LogP contribution in [0.25, 0.3) is 0 Å². The normalized spacial score (nSPS) is 12.4. The van der Waals surface area contributed by atoms with Gasteiger partial charge < -0.3 is 31.3 Å². The van der Waals surface area contributed by atoms with E-state index in [1.807, 2.05) is 53.7 Å². The van der Waals surface area contributed by atoms with E-state index in [0.29, 0.717) is 51.4 Å². The molecule has 30 heavy (non-hydrogen) atoms. The van der Waals surface area contributed by atoms with E-state index in [1.165, 1.54) is 0 Å². The van der Waals surface area contributed by atoms with Crippen molar-refractivity contribution >= 4 is 22.8 Å². The lowest BCUT2D eigenvalue weighted by Gasteiger charge is -2.30. The molecule has 0 radical (unpaired) electrons. The lowest BCUT2D eigenvalue weighted by atomic mass is 10.1. The summed E-state index contributed by atoms with van der Waals surface area (Å²) in [7, 11) is -4.09. The lowest BCUT2D eigenvalue weighted by Crippen LogP contribution is -2.57.